The van der Waals surface area contributed by atoms with E-state index in [0.717, 1.165) is 11.5 Å². The van der Waals surface area contributed by atoms with E-state index in [1.807, 2.05) is 12.1 Å². The second-order valence-corrected chi connectivity index (χ2v) is 5.02. The van der Waals surface area contributed by atoms with Crippen molar-refractivity contribution in [2.75, 3.05) is 0 Å². The molecule has 118 valence electrons. The van der Waals surface area contributed by atoms with Gasteiger partial charge in [0, 0.05) is 17.5 Å². The minimum atomic E-state index is -0.766. The van der Waals surface area contributed by atoms with Gasteiger partial charge >= 0.3 is 5.97 Å². The minimum absolute atomic E-state index is 0.0361. The Kier molecular flexibility index (Phi) is 4.03. The van der Waals surface area contributed by atoms with Crippen molar-refractivity contribution in [3.05, 3.63) is 81.9 Å². The molecule has 0 bridgehead atoms. The van der Waals surface area contributed by atoms with E-state index >= 15 is 0 Å². The minimum Gasteiger partial charge on any atom is -0.421 e. The summed E-state index contributed by atoms with van der Waals surface area (Å²) in [6.07, 6.45) is 0.600. The number of rotatable bonds is 4. The van der Waals surface area contributed by atoms with Gasteiger partial charge in [-0.15, -0.1) is 0 Å². The Morgan fingerprint density at radius 1 is 1.04 bits per heavy atom. The van der Waals surface area contributed by atoms with Gasteiger partial charge in [-0.05, 0) is 17.5 Å². The van der Waals surface area contributed by atoms with Crippen molar-refractivity contribution in [3.8, 4) is 5.75 Å². The first kappa shape index (κ1) is 15.4. The highest BCUT2D eigenvalue weighted by Crippen LogP contribution is 2.30. The highest BCUT2D eigenvalue weighted by Gasteiger charge is 2.17. The van der Waals surface area contributed by atoms with Crippen LogP contribution in [0.1, 0.15) is 20.7 Å². The molecule has 0 aromatic heterocycles. The van der Waals surface area contributed by atoms with Crippen LogP contribution in [-0.2, 0) is 0 Å². The lowest BCUT2D eigenvalue weighted by Gasteiger charge is -2.10. The van der Waals surface area contributed by atoms with Crippen LogP contribution in [0, 0.1) is 10.1 Å². The third kappa shape index (κ3) is 2.85. The predicted molar refractivity (Wildman–Crippen MR) is 87.4 cm³/mol. The smallest absolute Gasteiger partial charge is 0.343 e. The number of benzene rings is 3. The van der Waals surface area contributed by atoms with Gasteiger partial charge in [-0.1, -0.05) is 36.4 Å². The summed E-state index contributed by atoms with van der Waals surface area (Å²) >= 11 is 0. The van der Waals surface area contributed by atoms with E-state index < -0.39 is 10.9 Å². The topological polar surface area (TPSA) is 86.5 Å². The van der Waals surface area contributed by atoms with Crippen LogP contribution in [0.4, 0.5) is 5.69 Å². The summed E-state index contributed by atoms with van der Waals surface area (Å²) in [6.45, 7) is 0. The highest BCUT2D eigenvalue weighted by atomic mass is 16.6. The molecule has 24 heavy (non-hydrogen) atoms. The second kappa shape index (κ2) is 6.29. The monoisotopic (exact) mass is 321 g/mol. The van der Waals surface area contributed by atoms with Crippen LogP contribution in [0.15, 0.2) is 60.7 Å². The van der Waals surface area contributed by atoms with Crippen LogP contribution in [0.5, 0.6) is 5.75 Å². The molecule has 3 aromatic carbocycles. The summed E-state index contributed by atoms with van der Waals surface area (Å²) < 4.78 is 5.38. The summed E-state index contributed by atoms with van der Waals surface area (Å²) in [7, 11) is 0. The van der Waals surface area contributed by atoms with E-state index in [0.29, 0.717) is 11.7 Å². The van der Waals surface area contributed by atoms with E-state index in [1.54, 1.807) is 24.3 Å². The zero-order valence-corrected chi connectivity index (χ0v) is 12.3. The average Bonchev–Trinajstić information content (AvgIpc) is 2.62. The molecule has 0 radical (unpaired) electrons. The number of nitrogens with zero attached hydrogens (tertiary/aromatic N) is 1. The lowest BCUT2D eigenvalue weighted by atomic mass is 10.1. The van der Waals surface area contributed by atoms with E-state index in [2.05, 4.69) is 0 Å². The number of carbonyl (C=O) groups excluding carboxylic acids is 2. The number of aldehydes is 1. The van der Waals surface area contributed by atoms with Crippen molar-refractivity contribution in [1.29, 1.82) is 0 Å². The van der Waals surface area contributed by atoms with Crippen LogP contribution in [0.2, 0.25) is 0 Å². The SMILES string of the molecule is O=Cc1ccc2ccccc2c1OC(=O)c1cccc([N+](=O)[O-])c1. The third-order valence-corrected chi connectivity index (χ3v) is 3.52. The number of non-ortho nitro benzene ring substituents is 1. The van der Waals surface area contributed by atoms with Gasteiger partial charge in [0.15, 0.2) is 6.29 Å². The van der Waals surface area contributed by atoms with Crippen molar-refractivity contribution < 1.29 is 19.2 Å². The summed E-state index contributed by atoms with van der Waals surface area (Å²) in [6, 6.07) is 15.7. The maximum absolute atomic E-state index is 12.3. The molecule has 0 saturated carbocycles. The first-order valence-corrected chi connectivity index (χ1v) is 7.03. The van der Waals surface area contributed by atoms with Crippen molar-refractivity contribution in [3.63, 3.8) is 0 Å². The Bertz CT molecular complexity index is 965. The molecule has 0 aliphatic rings. The number of nitro benzene ring substituents is 1. The Hall–Kier alpha value is -3.54. The molecule has 0 unspecified atom stereocenters. The fourth-order valence-electron chi connectivity index (χ4n) is 2.36. The maximum atomic E-state index is 12.3. The van der Waals surface area contributed by atoms with Gasteiger partial charge in [-0.3, -0.25) is 14.9 Å². The number of nitro groups is 1. The molecule has 0 amide bonds. The number of hydrogen-bond donors (Lipinski definition) is 0. The van der Waals surface area contributed by atoms with E-state index in [-0.39, 0.29) is 22.6 Å². The molecule has 0 spiro atoms. The Balaban J connectivity index is 2.03. The largest absolute Gasteiger partial charge is 0.421 e. The number of fused-ring (bicyclic) bond motifs is 1. The van der Waals surface area contributed by atoms with Crippen molar-refractivity contribution in [2.45, 2.75) is 0 Å². The third-order valence-electron chi connectivity index (χ3n) is 3.52. The summed E-state index contributed by atoms with van der Waals surface area (Å²) in [5.41, 5.74) is 0.0550. The molecule has 6 heteroatoms. The number of esters is 1. The van der Waals surface area contributed by atoms with Crippen LogP contribution in [0.25, 0.3) is 10.8 Å². The maximum Gasteiger partial charge on any atom is 0.343 e. The molecular weight excluding hydrogens is 310 g/mol. The van der Waals surface area contributed by atoms with Crippen molar-refractivity contribution in [1.82, 2.24) is 0 Å². The van der Waals surface area contributed by atoms with Gasteiger partial charge in [0.2, 0.25) is 0 Å². The molecule has 3 rings (SSSR count). The molecule has 0 fully saturated rings. The molecule has 3 aromatic rings. The Labute approximate surface area is 136 Å². The van der Waals surface area contributed by atoms with Gasteiger partial charge in [-0.2, -0.15) is 0 Å². The summed E-state index contributed by atoms with van der Waals surface area (Å²) in [5, 5.41) is 12.2. The lowest BCUT2D eigenvalue weighted by molar-refractivity contribution is -0.384. The predicted octanol–water partition coefficient (Wildman–Crippen LogP) is 3.78. The van der Waals surface area contributed by atoms with Gasteiger partial charge < -0.3 is 4.74 Å². The van der Waals surface area contributed by atoms with Crippen molar-refractivity contribution >= 4 is 28.7 Å². The molecule has 0 aliphatic carbocycles. The van der Waals surface area contributed by atoms with Gasteiger partial charge in [0.1, 0.15) is 5.75 Å². The van der Waals surface area contributed by atoms with Crippen LogP contribution in [0.3, 0.4) is 0 Å². The zero-order chi connectivity index (χ0) is 17.1. The van der Waals surface area contributed by atoms with Crippen LogP contribution < -0.4 is 4.74 Å². The van der Waals surface area contributed by atoms with Crippen molar-refractivity contribution in [2.24, 2.45) is 0 Å². The Morgan fingerprint density at radius 2 is 1.83 bits per heavy atom. The summed E-state index contributed by atoms with van der Waals surface area (Å²) in [5.74, 6) is -0.627. The van der Waals surface area contributed by atoms with Crippen LogP contribution >= 0.6 is 0 Å². The molecule has 0 atom stereocenters. The quantitative estimate of drug-likeness (QED) is 0.240. The van der Waals surface area contributed by atoms with Crippen LogP contribution in [-0.4, -0.2) is 17.2 Å². The lowest BCUT2D eigenvalue weighted by Crippen LogP contribution is -2.10. The molecule has 0 N–H and O–H groups in total. The first-order valence-electron chi connectivity index (χ1n) is 7.03. The second-order valence-electron chi connectivity index (χ2n) is 5.02. The fourth-order valence-corrected chi connectivity index (χ4v) is 2.36. The standard InChI is InChI=1S/C18H11NO5/c20-11-14-9-8-12-4-1-2-7-16(12)17(14)24-18(21)13-5-3-6-15(10-13)19(22)23/h1-11H. The van der Waals surface area contributed by atoms with Gasteiger partial charge in [0.25, 0.3) is 5.69 Å². The molecule has 0 saturated heterocycles. The zero-order valence-electron chi connectivity index (χ0n) is 12.3. The van der Waals surface area contributed by atoms with Gasteiger partial charge in [-0.25, -0.2) is 4.79 Å². The summed E-state index contributed by atoms with van der Waals surface area (Å²) in [4.78, 5) is 33.8. The molecule has 0 aliphatic heterocycles. The van der Waals surface area contributed by atoms with E-state index in [9.17, 15) is 19.7 Å². The number of carbonyl (C=O) groups is 2. The first-order chi connectivity index (χ1) is 11.6. The van der Waals surface area contributed by atoms with E-state index in [4.69, 9.17) is 4.74 Å². The normalized spacial score (nSPS) is 10.3. The van der Waals surface area contributed by atoms with Gasteiger partial charge in [0.05, 0.1) is 16.1 Å². The van der Waals surface area contributed by atoms with E-state index in [1.165, 1.54) is 18.2 Å². The average molecular weight is 321 g/mol. The molecule has 0 heterocycles. The highest BCUT2D eigenvalue weighted by molar-refractivity contribution is 6.00. The fraction of sp³-hybridized carbons (Fsp3) is 0. The molecular formula is C18H11NO5. The Morgan fingerprint density at radius 3 is 2.58 bits per heavy atom. The number of ether oxygens (including phenoxy) is 1. The number of hydrogen-bond acceptors (Lipinski definition) is 5. The molecule has 6 nitrogen and oxygen atoms in total.